The maximum atomic E-state index is 13.4. The summed E-state index contributed by atoms with van der Waals surface area (Å²) >= 11 is 30.5. The van der Waals surface area contributed by atoms with Crippen molar-refractivity contribution in [1.82, 2.24) is 14.8 Å². The van der Waals surface area contributed by atoms with Crippen LogP contribution >= 0.6 is 58.0 Å². The van der Waals surface area contributed by atoms with E-state index in [-0.39, 0.29) is 38.1 Å². The largest absolute Gasteiger partial charge is 0.487 e. The highest BCUT2D eigenvalue weighted by molar-refractivity contribution is 6.68. The molecule has 1 aromatic heterocycles. The maximum absolute atomic E-state index is 13.4. The molecule has 2 amide bonds. The van der Waals surface area contributed by atoms with Gasteiger partial charge in [-0.3, -0.25) is 14.5 Å². The first-order valence-electron chi connectivity index (χ1n) is 13.5. The molecule has 1 N–H and O–H groups in total. The molecular formula is C29H30Cl5N3O7. The average molecular weight is 710 g/mol. The van der Waals surface area contributed by atoms with Crippen LogP contribution in [0.3, 0.4) is 0 Å². The average Bonchev–Trinajstić information content (AvgIpc) is 2.90. The van der Waals surface area contributed by atoms with Crippen LogP contribution in [0.1, 0.15) is 31.9 Å². The summed E-state index contributed by atoms with van der Waals surface area (Å²) in [7, 11) is 0. The van der Waals surface area contributed by atoms with Crippen molar-refractivity contribution in [1.29, 1.82) is 0 Å². The first-order chi connectivity index (χ1) is 20.5. The van der Waals surface area contributed by atoms with Gasteiger partial charge in [0.1, 0.15) is 19.1 Å². The molecule has 1 saturated heterocycles. The second-order valence-corrected chi connectivity index (χ2v) is 14.0. The summed E-state index contributed by atoms with van der Waals surface area (Å²) in [5, 5.41) is 11.1. The lowest BCUT2D eigenvalue weighted by molar-refractivity contribution is -0.146. The smallest absolute Gasteiger partial charge is 0.411 e. The van der Waals surface area contributed by atoms with Crippen LogP contribution < -0.4 is 9.47 Å². The van der Waals surface area contributed by atoms with Gasteiger partial charge in [0, 0.05) is 32.3 Å². The Labute approximate surface area is 279 Å². The topological polar surface area (TPSA) is 119 Å². The van der Waals surface area contributed by atoms with Crippen LogP contribution in [0, 0.1) is 12.8 Å². The monoisotopic (exact) mass is 707 g/mol. The number of carboxylic acid groups (broad SMARTS) is 1. The zero-order chi connectivity index (χ0) is 32.6. The first-order valence-corrected chi connectivity index (χ1v) is 15.3. The molecule has 2 aliphatic rings. The summed E-state index contributed by atoms with van der Waals surface area (Å²) in [4.78, 5) is 45.5. The van der Waals surface area contributed by atoms with Gasteiger partial charge in [-0.25, -0.2) is 9.78 Å². The van der Waals surface area contributed by atoms with Gasteiger partial charge in [0.15, 0.2) is 11.4 Å². The van der Waals surface area contributed by atoms with E-state index < -0.39 is 39.5 Å². The summed E-state index contributed by atoms with van der Waals surface area (Å²) in [5.74, 6) is -2.03. The van der Waals surface area contributed by atoms with E-state index in [0.717, 1.165) is 5.56 Å². The van der Waals surface area contributed by atoms with E-state index in [4.69, 9.17) is 72.2 Å². The number of alkyl halides is 3. The molecule has 0 saturated carbocycles. The second-order valence-electron chi connectivity index (χ2n) is 10.9. The summed E-state index contributed by atoms with van der Waals surface area (Å²) in [6.45, 7) is 6.49. The molecule has 238 valence electrons. The third-order valence-corrected chi connectivity index (χ3v) is 9.29. The van der Waals surface area contributed by atoms with Crippen molar-refractivity contribution in [3.05, 3.63) is 57.7 Å². The van der Waals surface area contributed by atoms with Crippen molar-refractivity contribution in [3.8, 4) is 11.6 Å². The van der Waals surface area contributed by atoms with Crippen LogP contribution in [-0.4, -0.2) is 85.6 Å². The number of aryl methyl sites for hydroxylation is 1. The van der Waals surface area contributed by atoms with Gasteiger partial charge >= 0.3 is 12.1 Å². The van der Waals surface area contributed by atoms with Crippen LogP contribution in [0.15, 0.2) is 36.5 Å². The second kappa shape index (κ2) is 13.4. The molecule has 3 atom stereocenters. The predicted octanol–water partition coefficient (Wildman–Crippen LogP) is 6.44. The number of fused-ring (bicyclic) bond motifs is 2. The van der Waals surface area contributed by atoms with Gasteiger partial charge < -0.3 is 24.2 Å². The normalized spacial score (nSPS) is 20.1. The molecule has 1 aromatic carbocycles. The Morgan fingerprint density at radius 1 is 1.05 bits per heavy atom. The van der Waals surface area contributed by atoms with Gasteiger partial charge in [0.05, 0.1) is 22.1 Å². The zero-order valence-corrected chi connectivity index (χ0v) is 27.9. The van der Waals surface area contributed by atoms with E-state index in [1.807, 2.05) is 6.92 Å². The van der Waals surface area contributed by atoms with Crippen molar-refractivity contribution < 1.29 is 33.7 Å². The fourth-order valence-electron chi connectivity index (χ4n) is 5.05. The maximum Gasteiger partial charge on any atom is 0.411 e. The number of pyridine rings is 1. The molecule has 3 unspecified atom stereocenters. The number of benzene rings is 1. The number of hydrogen-bond donors (Lipinski definition) is 1. The third kappa shape index (κ3) is 7.42. The summed E-state index contributed by atoms with van der Waals surface area (Å²) < 4.78 is 15.0. The molecule has 15 heteroatoms. The number of carbonyl (C=O) groups excluding carboxylic acids is 2. The summed E-state index contributed by atoms with van der Waals surface area (Å²) in [5.41, 5.74) is 0.323. The molecule has 0 radical (unpaired) electrons. The quantitative estimate of drug-likeness (QED) is 0.246. The highest BCUT2D eigenvalue weighted by Crippen LogP contribution is 2.43. The summed E-state index contributed by atoms with van der Waals surface area (Å²) in [6.07, 6.45) is 2.26. The minimum atomic E-state index is -1.95. The van der Waals surface area contributed by atoms with Gasteiger partial charge in [-0.2, -0.15) is 0 Å². The lowest BCUT2D eigenvalue weighted by Gasteiger charge is -2.51. The molecule has 4 rings (SSSR count). The van der Waals surface area contributed by atoms with Gasteiger partial charge in [-0.05, 0) is 55.7 Å². The van der Waals surface area contributed by atoms with Crippen LogP contribution in [0.5, 0.6) is 11.6 Å². The molecule has 0 spiro atoms. The Morgan fingerprint density at radius 3 is 2.23 bits per heavy atom. The Hall–Kier alpha value is -2.63. The minimum Gasteiger partial charge on any atom is -0.487 e. The SMILES string of the molecule is CC(=O)N1CC2C=C(c3ccc(OCCOc4c(Cl)cc(C)cc4Cl)nc3)C(C(=O)O)C(C1)N2C(=O)OC(C)(C)C(Cl)(Cl)Cl. The molecule has 2 aliphatic heterocycles. The Balaban J connectivity index is 1.53. The lowest BCUT2D eigenvalue weighted by atomic mass is 9.79. The highest BCUT2D eigenvalue weighted by atomic mass is 35.6. The van der Waals surface area contributed by atoms with Gasteiger partial charge in [0.2, 0.25) is 15.6 Å². The molecule has 10 nitrogen and oxygen atoms in total. The number of nitrogens with zero attached hydrogens (tertiary/aromatic N) is 3. The van der Waals surface area contributed by atoms with E-state index in [1.54, 1.807) is 30.3 Å². The number of aromatic nitrogens is 1. The van der Waals surface area contributed by atoms with Crippen molar-refractivity contribution in [2.45, 2.75) is 49.2 Å². The number of amides is 2. The minimum absolute atomic E-state index is 0.0346. The number of carboxylic acids is 1. The molecule has 44 heavy (non-hydrogen) atoms. The van der Waals surface area contributed by atoms with Crippen molar-refractivity contribution in [2.75, 3.05) is 26.3 Å². The number of rotatable bonds is 8. The van der Waals surface area contributed by atoms with Crippen LogP contribution in [0.25, 0.3) is 5.57 Å². The van der Waals surface area contributed by atoms with E-state index >= 15 is 0 Å². The van der Waals surface area contributed by atoms with Gasteiger partial charge in [-0.1, -0.05) is 64.1 Å². The van der Waals surface area contributed by atoms with Crippen molar-refractivity contribution in [3.63, 3.8) is 0 Å². The Bertz CT molecular complexity index is 1440. The Morgan fingerprint density at radius 2 is 1.68 bits per heavy atom. The third-order valence-electron chi connectivity index (χ3n) is 7.36. The Kier molecular flexibility index (Phi) is 10.4. The highest BCUT2D eigenvalue weighted by Gasteiger charge is 2.52. The van der Waals surface area contributed by atoms with E-state index in [0.29, 0.717) is 26.9 Å². The van der Waals surface area contributed by atoms with Crippen LogP contribution in [0.2, 0.25) is 10.0 Å². The number of piperazine rings is 1. The molecule has 0 aliphatic carbocycles. The lowest BCUT2D eigenvalue weighted by Crippen LogP contribution is -2.66. The fraction of sp³-hybridized carbons (Fsp3) is 0.448. The number of ether oxygens (including phenoxy) is 3. The summed E-state index contributed by atoms with van der Waals surface area (Å²) in [6, 6.07) is 5.08. The van der Waals surface area contributed by atoms with Gasteiger partial charge in [-0.15, -0.1) is 0 Å². The van der Waals surface area contributed by atoms with Crippen molar-refractivity contribution >= 4 is 81.5 Å². The van der Waals surface area contributed by atoms with Crippen molar-refractivity contribution in [2.24, 2.45) is 5.92 Å². The predicted molar refractivity (Wildman–Crippen MR) is 168 cm³/mol. The fourth-order valence-corrected chi connectivity index (χ4v) is 5.87. The number of hydrogen-bond acceptors (Lipinski definition) is 7. The first kappa shape index (κ1) is 34.2. The molecular weight excluding hydrogens is 680 g/mol. The van der Waals surface area contributed by atoms with E-state index in [9.17, 15) is 19.5 Å². The van der Waals surface area contributed by atoms with E-state index in [1.165, 1.54) is 36.8 Å². The molecule has 3 heterocycles. The number of aliphatic carboxylic acids is 1. The standard InChI is InChI=1S/C29H30Cl5N3O7/c1-15-9-20(30)25(21(31)10-15)43-8-7-42-23-6-5-17(12-35-23)19-11-18-13-36(16(2)38)14-22(24(19)26(39)40)37(18)27(41)44-28(3,4)29(32,33)34/h5-6,9-12,18,22,24H,7-8,13-14H2,1-4H3,(H,39,40). The molecule has 2 bridgehead atoms. The van der Waals surface area contributed by atoms with Crippen LogP contribution in [0.4, 0.5) is 4.79 Å². The van der Waals surface area contributed by atoms with E-state index in [2.05, 4.69) is 4.98 Å². The molecule has 1 fully saturated rings. The number of halogens is 5. The zero-order valence-electron chi connectivity index (χ0n) is 24.2. The van der Waals surface area contributed by atoms with Crippen LogP contribution in [-0.2, 0) is 14.3 Å². The molecule has 2 aromatic rings. The number of carbonyl (C=O) groups is 3. The van der Waals surface area contributed by atoms with Gasteiger partial charge in [0.25, 0.3) is 0 Å².